The van der Waals surface area contributed by atoms with Gasteiger partial charge in [-0.3, -0.25) is 4.79 Å². The number of methoxy groups -OCH3 is 1. The smallest absolute Gasteiger partial charge is 0.257 e. The van der Waals surface area contributed by atoms with E-state index in [2.05, 4.69) is 10.5 Å². The van der Waals surface area contributed by atoms with E-state index >= 15 is 0 Å². The quantitative estimate of drug-likeness (QED) is 0.582. The SMILES string of the molecule is COc1ccc(-c2cc(C(=O)Nc3cc(C)on3)c3ccccc3n2)cc1. The Balaban J connectivity index is 1.79. The zero-order valence-electron chi connectivity index (χ0n) is 14.9. The van der Waals surface area contributed by atoms with Crippen molar-refractivity contribution in [3.05, 3.63) is 72.0 Å². The molecule has 0 spiro atoms. The lowest BCUT2D eigenvalue weighted by atomic mass is 10.0. The highest BCUT2D eigenvalue weighted by Gasteiger charge is 2.15. The fourth-order valence-electron chi connectivity index (χ4n) is 2.88. The second-order valence-electron chi connectivity index (χ2n) is 6.08. The predicted octanol–water partition coefficient (Wildman–Crippen LogP) is 4.46. The topological polar surface area (TPSA) is 77.2 Å². The van der Waals surface area contributed by atoms with Crippen LogP contribution in [0.15, 0.2) is 65.2 Å². The van der Waals surface area contributed by atoms with Gasteiger partial charge in [-0.1, -0.05) is 23.4 Å². The number of anilines is 1. The number of ether oxygens (including phenoxy) is 1. The molecule has 0 atom stereocenters. The van der Waals surface area contributed by atoms with Gasteiger partial charge in [0.25, 0.3) is 5.91 Å². The van der Waals surface area contributed by atoms with Crippen LogP contribution >= 0.6 is 0 Å². The normalized spacial score (nSPS) is 10.7. The second kappa shape index (κ2) is 6.92. The van der Waals surface area contributed by atoms with Crippen molar-refractivity contribution < 1.29 is 14.1 Å². The van der Waals surface area contributed by atoms with E-state index in [9.17, 15) is 4.79 Å². The Morgan fingerprint density at radius 1 is 1.07 bits per heavy atom. The number of carbonyl (C=O) groups excluding carboxylic acids is 1. The highest BCUT2D eigenvalue weighted by Crippen LogP contribution is 2.27. The van der Waals surface area contributed by atoms with Gasteiger partial charge in [0.15, 0.2) is 5.82 Å². The number of carbonyl (C=O) groups is 1. The van der Waals surface area contributed by atoms with Crippen molar-refractivity contribution in [2.75, 3.05) is 12.4 Å². The van der Waals surface area contributed by atoms with Crippen molar-refractivity contribution in [3.8, 4) is 17.0 Å². The summed E-state index contributed by atoms with van der Waals surface area (Å²) in [6.45, 7) is 1.77. The number of benzene rings is 2. The minimum absolute atomic E-state index is 0.267. The molecule has 0 fully saturated rings. The van der Waals surface area contributed by atoms with Crippen molar-refractivity contribution >= 4 is 22.6 Å². The number of pyridine rings is 1. The maximum atomic E-state index is 12.9. The van der Waals surface area contributed by atoms with Gasteiger partial charge >= 0.3 is 0 Å². The number of aromatic nitrogens is 2. The fraction of sp³-hybridized carbons (Fsp3) is 0.0952. The van der Waals surface area contributed by atoms with E-state index in [0.29, 0.717) is 22.8 Å². The lowest BCUT2D eigenvalue weighted by Crippen LogP contribution is -2.13. The molecule has 1 N–H and O–H groups in total. The number of hydrogen-bond acceptors (Lipinski definition) is 5. The van der Waals surface area contributed by atoms with Crippen molar-refractivity contribution in [2.45, 2.75) is 6.92 Å². The van der Waals surface area contributed by atoms with Crippen LogP contribution in [0.1, 0.15) is 16.1 Å². The van der Waals surface area contributed by atoms with Crippen LogP contribution in [0.5, 0.6) is 5.75 Å². The van der Waals surface area contributed by atoms with Crippen molar-refractivity contribution in [1.82, 2.24) is 10.1 Å². The van der Waals surface area contributed by atoms with Gasteiger partial charge in [0.1, 0.15) is 11.5 Å². The third kappa shape index (κ3) is 3.37. The molecule has 0 unspecified atom stereocenters. The molecule has 0 aliphatic rings. The van der Waals surface area contributed by atoms with E-state index in [1.165, 1.54) is 0 Å². The standard InChI is InChI=1S/C21H17N3O3/c1-13-11-20(24-27-13)23-21(25)17-12-19(14-7-9-15(26-2)10-8-14)22-18-6-4-3-5-16(17)18/h3-12H,1-2H3,(H,23,24,25). The predicted molar refractivity (Wildman–Crippen MR) is 103 cm³/mol. The highest BCUT2D eigenvalue weighted by atomic mass is 16.5. The van der Waals surface area contributed by atoms with Crippen LogP contribution in [0.25, 0.3) is 22.2 Å². The number of aryl methyl sites for hydroxylation is 1. The maximum absolute atomic E-state index is 12.9. The summed E-state index contributed by atoms with van der Waals surface area (Å²) in [6, 6.07) is 18.6. The van der Waals surface area contributed by atoms with Gasteiger partial charge in [0.05, 0.1) is 23.9 Å². The molecule has 0 aliphatic carbocycles. The Morgan fingerprint density at radius 2 is 1.85 bits per heavy atom. The van der Waals surface area contributed by atoms with Crippen LogP contribution in [-0.4, -0.2) is 23.2 Å². The molecule has 2 heterocycles. The van der Waals surface area contributed by atoms with Crippen molar-refractivity contribution in [2.24, 2.45) is 0 Å². The molecular formula is C21H17N3O3. The number of hydrogen-bond donors (Lipinski definition) is 1. The molecule has 6 nitrogen and oxygen atoms in total. The monoisotopic (exact) mass is 359 g/mol. The first-order valence-electron chi connectivity index (χ1n) is 8.43. The third-order valence-electron chi connectivity index (χ3n) is 4.22. The number of fused-ring (bicyclic) bond motifs is 1. The summed E-state index contributed by atoms with van der Waals surface area (Å²) in [6.07, 6.45) is 0. The minimum Gasteiger partial charge on any atom is -0.497 e. The molecule has 0 saturated carbocycles. The van der Waals surface area contributed by atoms with E-state index in [1.54, 1.807) is 26.2 Å². The minimum atomic E-state index is -0.267. The second-order valence-corrected chi connectivity index (χ2v) is 6.08. The summed E-state index contributed by atoms with van der Waals surface area (Å²) in [5, 5.41) is 7.37. The molecule has 1 amide bonds. The van der Waals surface area contributed by atoms with Gasteiger partial charge in [-0.25, -0.2) is 4.98 Å². The highest BCUT2D eigenvalue weighted by molar-refractivity contribution is 6.12. The summed E-state index contributed by atoms with van der Waals surface area (Å²) < 4.78 is 10.2. The number of para-hydroxylation sites is 1. The first kappa shape index (κ1) is 16.8. The first-order valence-corrected chi connectivity index (χ1v) is 8.43. The zero-order chi connectivity index (χ0) is 18.8. The van der Waals surface area contributed by atoms with Crippen LogP contribution in [-0.2, 0) is 0 Å². The molecule has 0 radical (unpaired) electrons. The van der Waals surface area contributed by atoms with Crippen LogP contribution in [0, 0.1) is 6.92 Å². The molecule has 6 heteroatoms. The first-order chi connectivity index (χ1) is 13.1. The summed E-state index contributed by atoms with van der Waals surface area (Å²) in [5.41, 5.74) is 2.87. The molecule has 0 aliphatic heterocycles. The summed E-state index contributed by atoms with van der Waals surface area (Å²) in [7, 11) is 1.62. The van der Waals surface area contributed by atoms with Gasteiger partial charge in [0, 0.05) is 17.0 Å². The molecule has 2 aromatic carbocycles. The largest absolute Gasteiger partial charge is 0.497 e. The molecule has 134 valence electrons. The Labute approximate surface area is 155 Å². The lowest BCUT2D eigenvalue weighted by molar-refractivity contribution is 0.102. The Kier molecular flexibility index (Phi) is 4.30. The Hall–Kier alpha value is -3.67. The third-order valence-corrected chi connectivity index (χ3v) is 4.22. The Morgan fingerprint density at radius 3 is 2.56 bits per heavy atom. The van der Waals surface area contributed by atoms with E-state index < -0.39 is 0 Å². The number of amides is 1. The molecular weight excluding hydrogens is 342 g/mol. The van der Waals surface area contributed by atoms with Gasteiger partial charge in [-0.2, -0.15) is 0 Å². The van der Waals surface area contributed by atoms with Gasteiger partial charge in [0.2, 0.25) is 0 Å². The molecule has 27 heavy (non-hydrogen) atoms. The van der Waals surface area contributed by atoms with Crippen LogP contribution in [0.4, 0.5) is 5.82 Å². The molecule has 4 rings (SSSR count). The number of nitrogens with one attached hydrogen (secondary N) is 1. The van der Waals surface area contributed by atoms with E-state index in [0.717, 1.165) is 22.2 Å². The molecule has 4 aromatic rings. The van der Waals surface area contributed by atoms with Crippen LogP contribution < -0.4 is 10.1 Å². The molecule has 0 bridgehead atoms. The van der Waals surface area contributed by atoms with E-state index in [-0.39, 0.29) is 5.91 Å². The fourth-order valence-corrected chi connectivity index (χ4v) is 2.88. The van der Waals surface area contributed by atoms with Gasteiger partial charge in [-0.05, 0) is 43.3 Å². The van der Waals surface area contributed by atoms with E-state index in [1.807, 2.05) is 48.5 Å². The number of nitrogens with zero attached hydrogens (tertiary/aromatic N) is 2. The van der Waals surface area contributed by atoms with E-state index in [4.69, 9.17) is 14.2 Å². The summed E-state index contributed by atoms with van der Waals surface area (Å²) in [4.78, 5) is 17.6. The van der Waals surface area contributed by atoms with Gasteiger partial charge in [-0.15, -0.1) is 0 Å². The van der Waals surface area contributed by atoms with Crippen LogP contribution in [0.3, 0.4) is 0 Å². The summed E-state index contributed by atoms with van der Waals surface area (Å²) >= 11 is 0. The Bertz CT molecular complexity index is 1120. The maximum Gasteiger partial charge on any atom is 0.257 e. The van der Waals surface area contributed by atoms with Crippen LogP contribution in [0.2, 0.25) is 0 Å². The average Bonchev–Trinajstić information content (AvgIpc) is 3.11. The molecule has 0 saturated heterocycles. The average molecular weight is 359 g/mol. The lowest BCUT2D eigenvalue weighted by Gasteiger charge is -2.10. The molecule has 2 aromatic heterocycles. The van der Waals surface area contributed by atoms with Gasteiger partial charge < -0.3 is 14.6 Å². The van der Waals surface area contributed by atoms with Crippen molar-refractivity contribution in [1.29, 1.82) is 0 Å². The zero-order valence-corrected chi connectivity index (χ0v) is 14.9. The number of rotatable bonds is 4. The van der Waals surface area contributed by atoms with Crippen molar-refractivity contribution in [3.63, 3.8) is 0 Å². The summed E-state index contributed by atoms with van der Waals surface area (Å²) in [5.74, 6) is 1.50.